The summed E-state index contributed by atoms with van der Waals surface area (Å²) in [6, 6.07) is 1.60. The number of hydrogen-bond acceptors (Lipinski definition) is 4. The molecule has 20 heavy (non-hydrogen) atoms. The molecule has 0 aromatic carbocycles. The first-order chi connectivity index (χ1) is 9.28. The number of anilines is 1. The fraction of sp³-hybridized carbons (Fsp3) is 0.429. The third-order valence-corrected chi connectivity index (χ3v) is 2.42. The molecule has 0 bridgehead atoms. The lowest BCUT2D eigenvalue weighted by Crippen LogP contribution is -2.32. The maximum atomic E-state index is 11.4. The van der Waals surface area contributed by atoms with Crippen LogP contribution >= 0.6 is 11.6 Å². The van der Waals surface area contributed by atoms with Gasteiger partial charge < -0.3 is 15.8 Å². The number of nitrogens with one attached hydrogen (secondary N) is 1. The van der Waals surface area contributed by atoms with Crippen LogP contribution in [0.15, 0.2) is 18.3 Å². The first kappa shape index (κ1) is 16.3. The zero-order valence-corrected chi connectivity index (χ0v) is 12.7. The van der Waals surface area contributed by atoms with E-state index in [1.807, 2.05) is 32.9 Å². The van der Waals surface area contributed by atoms with Crippen LogP contribution in [0.25, 0.3) is 6.08 Å². The molecule has 0 unspecified atom stereocenters. The Balaban J connectivity index is 2.34. The van der Waals surface area contributed by atoms with Crippen molar-refractivity contribution < 1.29 is 9.53 Å². The highest BCUT2D eigenvalue weighted by Gasteiger charge is 2.15. The Morgan fingerprint density at radius 3 is 2.85 bits per heavy atom. The van der Waals surface area contributed by atoms with Crippen molar-refractivity contribution in [2.75, 3.05) is 12.3 Å². The Bertz CT molecular complexity index is 496. The van der Waals surface area contributed by atoms with Crippen LogP contribution in [0.5, 0.6) is 0 Å². The van der Waals surface area contributed by atoms with Gasteiger partial charge in [-0.05, 0) is 33.3 Å². The minimum absolute atomic E-state index is 0.367. The van der Waals surface area contributed by atoms with Crippen LogP contribution in [0.1, 0.15) is 32.8 Å². The van der Waals surface area contributed by atoms with Gasteiger partial charge >= 0.3 is 6.09 Å². The van der Waals surface area contributed by atoms with Gasteiger partial charge in [0.05, 0.1) is 0 Å². The molecule has 6 heteroatoms. The van der Waals surface area contributed by atoms with E-state index in [0.29, 0.717) is 23.8 Å². The standard InChI is InChI=1S/C14H20ClN3O2/c1-14(2,3)20-13(19)17-7-5-4-6-10-9-18-12(15)8-11(10)16/h4,6,8-9H,5,7H2,1-3H3,(H2,16,18)(H,17,19). The zero-order chi connectivity index (χ0) is 15.2. The van der Waals surface area contributed by atoms with E-state index in [2.05, 4.69) is 10.3 Å². The van der Waals surface area contributed by atoms with Gasteiger partial charge in [-0.25, -0.2) is 9.78 Å². The van der Waals surface area contributed by atoms with Crippen LogP contribution in [0.3, 0.4) is 0 Å². The van der Waals surface area contributed by atoms with Crippen molar-refractivity contribution in [1.29, 1.82) is 0 Å². The van der Waals surface area contributed by atoms with Crippen molar-refractivity contribution in [3.05, 3.63) is 29.1 Å². The summed E-state index contributed by atoms with van der Waals surface area (Å²) in [5.41, 5.74) is 6.67. The van der Waals surface area contributed by atoms with Crippen LogP contribution in [-0.2, 0) is 4.74 Å². The number of nitrogen functional groups attached to an aromatic ring is 1. The maximum Gasteiger partial charge on any atom is 0.407 e. The number of carbonyl (C=O) groups excluding carboxylic acids is 1. The number of carbonyl (C=O) groups is 1. The van der Waals surface area contributed by atoms with E-state index in [1.165, 1.54) is 0 Å². The molecule has 0 fully saturated rings. The second-order valence-electron chi connectivity index (χ2n) is 5.26. The smallest absolute Gasteiger partial charge is 0.407 e. The summed E-state index contributed by atoms with van der Waals surface area (Å²) in [7, 11) is 0. The van der Waals surface area contributed by atoms with E-state index >= 15 is 0 Å². The van der Waals surface area contributed by atoms with Gasteiger partial charge in [0.25, 0.3) is 0 Å². The molecular weight excluding hydrogens is 278 g/mol. The fourth-order valence-corrected chi connectivity index (χ4v) is 1.54. The Hall–Kier alpha value is -1.75. The topological polar surface area (TPSA) is 77.2 Å². The lowest BCUT2D eigenvalue weighted by Gasteiger charge is -2.19. The molecule has 0 aliphatic carbocycles. The van der Waals surface area contributed by atoms with Gasteiger partial charge in [-0.2, -0.15) is 0 Å². The summed E-state index contributed by atoms with van der Waals surface area (Å²) in [6.45, 7) is 5.96. The first-order valence-electron chi connectivity index (χ1n) is 6.32. The highest BCUT2D eigenvalue weighted by Crippen LogP contribution is 2.16. The normalized spacial score (nSPS) is 11.6. The van der Waals surface area contributed by atoms with Crippen LogP contribution < -0.4 is 11.1 Å². The second-order valence-corrected chi connectivity index (χ2v) is 5.64. The number of hydrogen-bond donors (Lipinski definition) is 2. The van der Waals surface area contributed by atoms with E-state index in [0.717, 1.165) is 5.56 Å². The van der Waals surface area contributed by atoms with E-state index < -0.39 is 11.7 Å². The summed E-state index contributed by atoms with van der Waals surface area (Å²) in [5, 5.41) is 3.04. The van der Waals surface area contributed by atoms with Crippen LogP contribution in [-0.4, -0.2) is 23.2 Å². The molecule has 0 aliphatic heterocycles. The number of rotatable bonds is 4. The summed E-state index contributed by atoms with van der Waals surface area (Å²) in [5.74, 6) is 0. The summed E-state index contributed by atoms with van der Waals surface area (Å²) in [4.78, 5) is 15.3. The number of alkyl carbamates (subject to hydrolysis) is 1. The van der Waals surface area contributed by atoms with Crippen molar-refractivity contribution >= 4 is 29.5 Å². The molecule has 5 nitrogen and oxygen atoms in total. The molecule has 0 atom stereocenters. The molecule has 1 aromatic rings. The molecule has 110 valence electrons. The van der Waals surface area contributed by atoms with E-state index in [4.69, 9.17) is 22.1 Å². The predicted octanol–water partition coefficient (Wildman–Crippen LogP) is 3.25. The number of pyridine rings is 1. The zero-order valence-electron chi connectivity index (χ0n) is 11.9. The van der Waals surface area contributed by atoms with Crippen molar-refractivity contribution in [3.8, 4) is 0 Å². The molecule has 0 spiro atoms. The number of halogens is 1. The number of amides is 1. The Morgan fingerprint density at radius 2 is 2.25 bits per heavy atom. The van der Waals surface area contributed by atoms with Gasteiger partial charge in [0.15, 0.2) is 0 Å². The Kier molecular flexibility index (Phi) is 5.82. The van der Waals surface area contributed by atoms with Crippen molar-refractivity contribution in [2.24, 2.45) is 0 Å². The lowest BCUT2D eigenvalue weighted by atomic mass is 10.2. The second kappa shape index (κ2) is 7.14. The predicted molar refractivity (Wildman–Crippen MR) is 81.5 cm³/mol. The monoisotopic (exact) mass is 297 g/mol. The average molecular weight is 298 g/mol. The van der Waals surface area contributed by atoms with Crippen molar-refractivity contribution in [3.63, 3.8) is 0 Å². The Morgan fingerprint density at radius 1 is 1.55 bits per heavy atom. The molecule has 0 radical (unpaired) electrons. The van der Waals surface area contributed by atoms with Gasteiger partial charge in [0.2, 0.25) is 0 Å². The van der Waals surface area contributed by atoms with Crippen molar-refractivity contribution in [2.45, 2.75) is 32.8 Å². The molecular formula is C14H20ClN3O2. The average Bonchev–Trinajstić information content (AvgIpc) is 2.28. The minimum Gasteiger partial charge on any atom is -0.444 e. The molecule has 1 aromatic heterocycles. The molecule has 0 saturated carbocycles. The third-order valence-electron chi connectivity index (χ3n) is 2.21. The van der Waals surface area contributed by atoms with Crippen molar-refractivity contribution in [1.82, 2.24) is 10.3 Å². The number of aromatic nitrogens is 1. The van der Waals surface area contributed by atoms with E-state index in [-0.39, 0.29) is 0 Å². The largest absolute Gasteiger partial charge is 0.444 e. The van der Waals surface area contributed by atoms with E-state index in [9.17, 15) is 4.79 Å². The van der Waals surface area contributed by atoms with E-state index in [1.54, 1.807) is 12.3 Å². The summed E-state index contributed by atoms with van der Waals surface area (Å²) < 4.78 is 5.12. The summed E-state index contributed by atoms with van der Waals surface area (Å²) >= 11 is 5.71. The van der Waals surface area contributed by atoms with Gasteiger partial charge in [0.1, 0.15) is 10.8 Å². The number of nitrogens with two attached hydrogens (primary N) is 1. The molecule has 1 heterocycles. The molecule has 3 N–H and O–H groups in total. The van der Waals surface area contributed by atoms with Gasteiger partial charge in [-0.3, -0.25) is 0 Å². The third kappa shape index (κ3) is 6.43. The van der Waals surface area contributed by atoms with Gasteiger partial charge in [-0.15, -0.1) is 0 Å². The fourth-order valence-electron chi connectivity index (χ4n) is 1.38. The highest BCUT2D eigenvalue weighted by atomic mass is 35.5. The van der Waals surface area contributed by atoms with Gasteiger partial charge in [-0.1, -0.05) is 23.8 Å². The van der Waals surface area contributed by atoms with Crippen LogP contribution in [0.4, 0.5) is 10.5 Å². The lowest BCUT2D eigenvalue weighted by molar-refractivity contribution is 0.0529. The highest BCUT2D eigenvalue weighted by molar-refractivity contribution is 6.29. The van der Waals surface area contributed by atoms with Crippen LogP contribution in [0.2, 0.25) is 5.15 Å². The Labute approximate surface area is 124 Å². The first-order valence-corrected chi connectivity index (χ1v) is 6.70. The number of ether oxygens (including phenoxy) is 1. The molecule has 1 amide bonds. The minimum atomic E-state index is -0.483. The SMILES string of the molecule is CC(C)(C)OC(=O)NCCC=Cc1cnc(Cl)cc1N. The molecule has 1 rings (SSSR count). The van der Waals surface area contributed by atoms with Crippen LogP contribution in [0, 0.1) is 0 Å². The molecule has 0 aliphatic rings. The quantitative estimate of drug-likeness (QED) is 0.660. The van der Waals surface area contributed by atoms with Gasteiger partial charge in [0, 0.05) is 24.0 Å². The molecule has 0 saturated heterocycles. The number of nitrogens with zero attached hydrogens (tertiary/aromatic N) is 1. The maximum absolute atomic E-state index is 11.4. The summed E-state index contributed by atoms with van der Waals surface area (Å²) in [6.07, 6.45) is 5.60.